The van der Waals surface area contributed by atoms with Crippen LogP contribution in [0.15, 0.2) is 0 Å². The van der Waals surface area contributed by atoms with E-state index in [0.717, 1.165) is 0 Å². The molecule has 0 bridgehead atoms. The van der Waals surface area contributed by atoms with E-state index in [9.17, 15) is 14.4 Å². The predicted molar refractivity (Wildman–Crippen MR) is 85.7 cm³/mol. The molecule has 1 N–H and O–H groups in total. The van der Waals surface area contributed by atoms with Gasteiger partial charge in [0.1, 0.15) is 0 Å². The van der Waals surface area contributed by atoms with Crippen molar-refractivity contribution in [3.63, 3.8) is 0 Å². The normalized spacial score (nSPS) is 26.0. The first-order chi connectivity index (χ1) is 10.7. The van der Waals surface area contributed by atoms with Gasteiger partial charge >= 0.3 is 5.97 Å². The van der Waals surface area contributed by atoms with Crippen LogP contribution in [0.5, 0.6) is 0 Å². The third-order valence-electron chi connectivity index (χ3n) is 4.95. The molecule has 2 rings (SSSR count). The number of rotatable bonds is 2. The van der Waals surface area contributed by atoms with Crippen molar-refractivity contribution in [3.8, 4) is 0 Å². The quantitative estimate of drug-likeness (QED) is 0.837. The Bertz CT molecular complexity index is 467. The summed E-state index contributed by atoms with van der Waals surface area (Å²) in [5.41, 5.74) is -0.388. The summed E-state index contributed by atoms with van der Waals surface area (Å²) in [6.07, 6.45) is 2.51. The molecule has 0 unspecified atom stereocenters. The summed E-state index contributed by atoms with van der Waals surface area (Å²) in [5, 5.41) is 9.03. The Balaban J connectivity index is 1.83. The van der Waals surface area contributed by atoms with Crippen molar-refractivity contribution in [3.05, 3.63) is 0 Å². The number of carboxylic acids is 1. The van der Waals surface area contributed by atoms with E-state index in [1.54, 1.807) is 0 Å². The van der Waals surface area contributed by atoms with Crippen molar-refractivity contribution in [1.82, 2.24) is 9.80 Å². The van der Waals surface area contributed by atoms with Crippen molar-refractivity contribution < 1.29 is 19.5 Å². The van der Waals surface area contributed by atoms with Gasteiger partial charge in [0.25, 0.3) is 0 Å². The highest BCUT2D eigenvalue weighted by atomic mass is 16.4. The third kappa shape index (κ3) is 4.24. The largest absolute Gasteiger partial charge is 0.481 e. The molecule has 2 aliphatic rings. The standard InChI is InChI=1S/C17H28N2O4/c1-17(2,3)16(23)19-10-8-18(9-11-19)14(20)12-4-6-13(7-5-12)15(21)22/h12-13H,4-11H2,1-3H3,(H,21,22). The second-order valence-electron chi connectivity index (χ2n) is 7.75. The molecule has 6 heteroatoms. The van der Waals surface area contributed by atoms with Crippen LogP contribution in [0.1, 0.15) is 46.5 Å². The van der Waals surface area contributed by atoms with Gasteiger partial charge in [0.15, 0.2) is 0 Å². The topological polar surface area (TPSA) is 77.9 Å². The number of hydrogen-bond donors (Lipinski definition) is 1. The van der Waals surface area contributed by atoms with Crippen LogP contribution in [0, 0.1) is 17.3 Å². The van der Waals surface area contributed by atoms with Gasteiger partial charge in [-0.05, 0) is 25.7 Å². The average Bonchev–Trinajstić information content (AvgIpc) is 2.53. The molecule has 0 atom stereocenters. The highest BCUT2D eigenvalue weighted by molar-refractivity contribution is 5.83. The third-order valence-corrected chi connectivity index (χ3v) is 4.95. The molecule has 130 valence electrons. The molecule has 0 radical (unpaired) electrons. The lowest BCUT2D eigenvalue weighted by molar-refractivity contribution is -0.148. The Kier molecular flexibility index (Phi) is 5.32. The highest BCUT2D eigenvalue weighted by Crippen LogP contribution is 2.30. The van der Waals surface area contributed by atoms with E-state index >= 15 is 0 Å². The predicted octanol–water partition coefficient (Wildman–Crippen LogP) is 1.59. The van der Waals surface area contributed by atoms with Gasteiger partial charge in [0.2, 0.25) is 11.8 Å². The second-order valence-corrected chi connectivity index (χ2v) is 7.75. The fourth-order valence-electron chi connectivity index (χ4n) is 3.45. The molecule has 1 aliphatic heterocycles. The van der Waals surface area contributed by atoms with Crippen LogP contribution in [-0.2, 0) is 14.4 Å². The van der Waals surface area contributed by atoms with Crippen molar-refractivity contribution >= 4 is 17.8 Å². The summed E-state index contributed by atoms with van der Waals surface area (Å²) in [4.78, 5) is 39.5. The fraction of sp³-hybridized carbons (Fsp3) is 0.824. The van der Waals surface area contributed by atoms with Crippen molar-refractivity contribution in [2.45, 2.75) is 46.5 Å². The Morgan fingerprint density at radius 1 is 0.826 bits per heavy atom. The summed E-state index contributed by atoms with van der Waals surface area (Å²) in [6, 6.07) is 0. The molecule has 0 aromatic carbocycles. The number of carbonyl (C=O) groups excluding carboxylic acids is 2. The Labute approximate surface area is 137 Å². The molecule has 0 spiro atoms. The lowest BCUT2D eigenvalue weighted by Crippen LogP contribution is -2.54. The molecular formula is C17H28N2O4. The number of hydrogen-bond acceptors (Lipinski definition) is 3. The summed E-state index contributed by atoms with van der Waals surface area (Å²) >= 11 is 0. The molecule has 0 aromatic rings. The zero-order chi connectivity index (χ0) is 17.2. The maximum absolute atomic E-state index is 12.6. The highest BCUT2D eigenvalue weighted by Gasteiger charge is 2.35. The lowest BCUT2D eigenvalue weighted by Gasteiger charge is -2.39. The average molecular weight is 324 g/mol. The van der Waals surface area contributed by atoms with E-state index in [2.05, 4.69) is 0 Å². The van der Waals surface area contributed by atoms with Crippen LogP contribution in [0.4, 0.5) is 0 Å². The van der Waals surface area contributed by atoms with Gasteiger partial charge in [-0.25, -0.2) is 0 Å². The number of carbonyl (C=O) groups is 3. The first-order valence-corrected chi connectivity index (χ1v) is 8.51. The minimum atomic E-state index is -0.745. The summed E-state index contributed by atoms with van der Waals surface area (Å²) in [6.45, 7) is 8.08. The van der Waals surface area contributed by atoms with Crippen LogP contribution in [0.2, 0.25) is 0 Å². The van der Waals surface area contributed by atoms with Gasteiger partial charge in [-0.1, -0.05) is 20.8 Å². The number of piperazine rings is 1. The smallest absolute Gasteiger partial charge is 0.306 e. The molecular weight excluding hydrogens is 296 g/mol. The van der Waals surface area contributed by atoms with Gasteiger partial charge in [-0.2, -0.15) is 0 Å². The van der Waals surface area contributed by atoms with Crippen LogP contribution < -0.4 is 0 Å². The van der Waals surface area contributed by atoms with E-state index < -0.39 is 5.97 Å². The van der Waals surface area contributed by atoms with Crippen LogP contribution in [0.25, 0.3) is 0 Å². The molecule has 2 amide bonds. The lowest BCUT2D eigenvalue weighted by atomic mass is 9.81. The van der Waals surface area contributed by atoms with E-state index in [4.69, 9.17) is 5.11 Å². The van der Waals surface area contributed by atoms with Crippen LogP contribution in [0.3, 0.4) is 0 Å². The van der Waals surface area contributed by atoms with Crippen molar-refractivity contribution in [2.75, 3.05) is 26.2 Å². The monoisotopic (exact) mass is 324 g/mol. The molecule has 1 aliphatic carbocycles. The number of aliphatic carboxylic acids is 1. The molecule has 0 aromatic heterocycles. The van der Waals surface area contributed by atoms with E-state index in [-0.39, 0.29) is 29.1 Å². The van der Waals surface area contributed by atoms with Gasteiger partial charge in [0.05, 0.1) is 5.92 Å². The van der Waals surface area contributed by atoms with Crippen LogP contribution >= 0.6 is 0 Å². The molecule has 6 nitrogen and oxygen atoms in total. The minimum Gasteiger partial charge on any atom is -0.481 e. The molecule has 1 saturated carbocycles. The van der Waals surface area contributed by atoms with Gasteiger partial charge in [0, 0.05) is 37.5 Å². The van der Waals surface area contributed by atoms with Crippen molar-refractivity contribution in [1.29, 1.82) is 0 Å². The Morgan fingerprint density at radius 3 is 1.70 bits per heavy atom. The number of amides is 2. The maximum Gasteiger partial charge on any atom is 0.306 e. The summed E-state index contributed by atoms with van der Waals surface area (Å²) < 4.78 is 0. The summed E-state index contributed by atoms with van der Waals surface area (Å²) in [5.74, 6) is -0.816. The Morgan fingerprint density at radius 2 is 1.26 bits per heavy atom. The fourth-order valence-corrected chi connectivity index (χ4v) is 3.45. The van der Waals surface area contributed by atoms with Crippen LogP contribution in [-0.4, -0.2) is 58.9 Å². The first-order valence-electron chi connectivity index (χ1n) is 8.51. The number of nitrogens with zero attached hydrogens (tertiary/aromatic N) is 2. The molecule has 1 saturated heterocycles. The van der Waals surface area contributed by atoms with Gasteiger partial charge in [-0.3, -0.25) is 14.4 Å². The number of carboxylic acid groups (broad SMARTS) is 1. The minimum absolute atomic E-state index is 0.0459. The SMILES string of the molecule is CC(C)(C)C(=O)N1CCN(C(=O)C2CCC(C(=O)O)CC2)CC1. The maximum atomic E-state index is 12.6. The summed E-state index contributed by atoms with van der Waals surface area (Å²) in [7, 11) is 0. The first kappa shape index (κ1) is 17.8. The zero-order valence-electron chi connectivity index (χ0n) is 14.4. The molecule has 2 fully saturated rings. The second kappa shape index (κ2) is 6.89. The van der Waals surface area contributed by atoms with Gasteiger partial charge < -0.3 is 14.9 Å². The van der Waals surface area contributed by atoms with E-state index in [0.29, 0.717) is 51.9 Å². The Hall–Kier alpha value is -1.59. The zero-order valence-corrected chi connectivity index (χ0v) is 14.4. The van der Waals surface area contributed by atoms with Crippen molar-refractivity contribution in [2.24, 2.45) is 17.3 Å². The van der Waals surface area contributed by atoms with Gasteiger partial charge in [-0.15, -0.1) is 0 Å². The molecule has 23 heavy (non-hydrogen) atoms. The van der Waals surface area contributed by atoms with E-state index in [1.807, 2.05) is 30.6 Å². The molecule has 1 heterocycles. The van der Waals surface area contributed by atoms with E-state index in [1.165, 1.54) is 0 Å².